The third-order valence-electron chi connectivity index (χ3n) is 3.82. The number of hydrogen-bond donors (Lipinski definition) is 0. The lowest BCUT2D eigenvalue weighted by Gasteiger charge is -2.24. The highest BCUT2D eigenvalue weighted by atomic mass is 28.3. The molecule has 17 heavy (non-hydrogen) atoms. The Labute approximate surface area is 106 Å². The van der Waals surface area contributed by atoms with Crippen LogP contribution >= 0.6 is 0 Å². The molecule has 0 aromatic heterocycles. The molecule has 0 heterocycles. The summed E-state index contributed by atoms with van der Waals surface area (Å²) in [5.41, 5.74) is 1.38. The quantitative estimate of drug-likeness (QED) is 0.435. The Kier molecular flexibility index (Phi) is 4.59. The van der Waals surface area contributed by atoms with E-state index in [1.54, 1.807) is 0 Å². The van der Waals surface area contributed by atoms with Gasteiger partial charge < -0.3 is 4.74 Å². The van der Waals surface area contributed by atoms with Gasteiger partial charge in [-0.2, -0.15) is 0 Å². The topological polar surface area (TPSA) is 26.3 Å². The van der Waals surface area contributed by atoms with E-state index >= 15 is 0 Å². The standard InChI is InChI=1S/C14H26O2Si/c1-7-16-14(15)13(17(4,5)6)12-9-8-10(2)11(12)3/h10-11H,7-9H2,1-6H3/b13-12+/t10-,11+/m0/s1. The second-order valence-corrected chi connectivity index (χ2v) is 11.2. The predicted octanol–water partition coefficient (Wildman–Crippen LogP) is 3.79. The highest BCUT2D eigenvalue weighted by Crippen LogP contribution is 2.40. The summed E-state index contributed by atoms with van der Waals surface area (Å²) in [7, 11) is -1.62. The lowest BCUT2D eigenvalue weighted by atomic mass is 9.97. The molecule has 3 heteroatoms. The minimum atomic E-state index is -1.62. The normalized spacial score (nSPS) is 28.1. The highest BCUT2D eigenvalue weighted by Gasteiger charge is 2.35. The summed E-state index contributed by atoms with van der Waals surface area (Å²) in [6.07, 6.45) is 2.30. The molecule has 0 N–H and O–H groups in total. The molecule has 0 aromatic carbocycles. The van der Waals surface area contributed by atoms with Crippen molar-refractivity contribution in [3.8, 4) is 0 Å². The number of carbonyl (C=O) groups is 1. The van der Waals surface area contributed by atoms with Gasteiger partial charge in [0.15, 0.2) is 0 Å². The molecule has 0 saturated heterocycles. The van der Waals surface area contributed by atoms with Crippen molar-refractivity contribution in [1.82, 2.24) is 0 Å². The number of rotatable bonds is 3. The molecule has 0 spiro atoms. The second kappa shape index (κ2) is 5.38. The smallest absolute Gasteiger partial charge is 0.329 e. The fourth-order valence-corrected chi connectivity index (χ4v) is 4.68. The van der Waals surface area contributed by atoms with Crippen LogP contribution in [0.25, 0.3) is 0 Å². The first-order chi connectivity index (χ1) is 7.79. The van der Waals surface area contributed by atoms with Gasteiger partial charge in [0, 0.05) is 5.20 Å². The number of allylic oxidation sites excluding steroid dienone is 1. The summed E-state index contributed by atoms with van der Waals surface area (Å²) in [6.45, 7) is 13.6. The molecule has 0 radical (unpaired) electrons. The number of esters is 1. The third kappa shape index (κ3) is 3.21. The van der Waals surface area contributed by atoms with Crippen molar-refractivity contribution < 1.29 is 9.53 Å². The van der Waals surface area contributed by atoms with Crippen LogP contribution in [0.3, 0.4) is 0 Å². The summed E-state index contributed by atoms with van der Waals surface area (Å²) in [5, 5.41) is 1.05. The average molecular weight is 254 g/mol. The SMILES string of the molecule is CCOC(=O)/C(=C1/CC[C@H](C)[C@H]1C)[Si](C)(C)C. The Morgan fingerprint density at radius 3 is 2.29 bits per heavy atom. The fourth-order valence-electron chi connectivity index (χ4n) is 2.68. The van der Waals surface area contributed by atoms with Crippen molar-refractivity contribution >= 4 is 14.0 Å². The van der Waals surface area contributed by atoms with Crippen molar-refractivity contribution in [2.45, 2.75) is 53.3 Å². The minimum Gasteiger partial charge on any atom is -0.463 e. The number of carbonyl (C=O) groups excluding carboxylic acids is 1. The van der Waals surface area contributed by atoms with Crippen molar-refractivity contribution in [2.75, 3.05) is 6.61 Å². The van der Waals surface area contributed by atoms with Gasteiger partial charge in [-0.25, -0.2) is 4.79 Å². The van der Waals surface area contributed by atoms with Crippen molar-refractivity contribution in [1.29, 1.82) is 0 Å². The van der Waals surface area contributed by atoms with E-state index in [1.165, 1.54) is 12.0 Å². The first kappa shape index (κ1) is 14.5. The predicted molar refractivity (Wildman–Crippen MR) is 74.6 cm³/mol. The number of ether oxygens (including phenoxy) is 1. The summed E-state index contributed by atoms with van der Waals surface area (Å²) in [4.78, 5) is 12.2. The van der Waals surface area contributed by atoms with E-state index in [4.69, 9.17) is 4.74 Å². The van der Waals surface area contributed by atoms with E-state index in [1.807, 2.05) is 6.92 Å². The van der Waals surface area contributed by atoms with E-state index in [2.05, 4.69) is 33.5 Å². The molecule has 1 aliphatic carbocycles. The molecule has 2 atom stereocenters. The van der Waals surface area contributed by atoms with Gasteiger partial charge in [-0.3, -0.25) is 0 Å². The summed E-state index contributed by atoms with van der Waals surface area (Å²) in [6, 6.07) is 0. The molecule has 1 fully saturated rings. The second-order valence-electron chi connectivity index (χ2n) is 6.18. The highest BCUT2D eigenvalue weighted by molar-refractivity contribution is 6.87. The molecule has 0 amide bonds. The zero-order chi connectivity index (χ0) is 13.2. The molecule has 0 bridgehead atoms. The van der Waals surface area contributed by atoms with Crippen LogP contribution in [0.5, 0.6) is 0 Å². The van der Waals surface area contributed by atoms with Crippen LogP contribution in [0.15, 0.2) is 10.8 Å². The van der Waals surface area contributed by atoms with Crippen LogP contribution in [0.4, 0.5) is 0 Å². The van der Waals surface area contributed by atoms with Gasteiger partial charge in [0.2, 0.25) is 0 Å². The molecule has 0 aliphatic heterocycles. The molecule has 0 aromatic rings. The Morgan fingerprint density at radius 2 is 1.94 bits per heavy atom. The van der Waals surface area contributed by atoms with E-state index in [0.29, 0.717) is 18.4 Å². The van der Waals surface area contributed by atoms with Crippen molar-refractivity contribution in [2.24, 2.45) is 11.8 Å². The summed E-state index contributed by atoms with van der Waals surface area (Å²) >= 11 is 0. The molecule has 2 nitrogen and oxygen atoms in total. The lowest BCUT2D eigenvalue weighted by molar-refractivity contribution is -0.137. The maximum absolute atomic E-state index is 12.2. The van der Waals surface area contributed by atoms with Crippen LogP contribution in [-0.4, -0.2) is 20.7 Å². The van der Waals surface area contributed by atoms with Gasteiger partial charge in [0.1, 0.15) is 0 Å². The third-order valence-corrected chi connectivity index (χ3v) is 5.85. The molecule has 1 rings (SSSR count). The van der Waals surface area contributed by atoms with Crippen LogP contribution in [0, 0.1) is 11.8 Å². The van der Waals surface area contributed by atoms with Gasteiger partial charge >= 0.3 is 5.97 Å². The Bertz CT molecular complexity index is 326. The van der Waals surface area contributed by atoms with Crippen molar-refractivity contribution in [3.05, 3.63) is 10.8 Å². The van der Waals surface area contributed by atoms with Crippen LogP contribution in [0.1, 0.15) is 33.6 Å². The van der Waals surface area contributed by atoms with Gasteiger partial charge in [-0.1, -0.05) is 39.1 Å². The Balaban J connectivity index is 3.15. The van der Waals surface area contributed by atoms with Gasteiger partial charge in [0.25, 0.3) is 0 Å². The largest absolute Gasteiger partial charge is 0.463 e. The Morgan fingerprint density at radius 1 is 1.35 bits per heavy atom. The minimum absolute atomic E-state index is 0.0531. The molecule has 0 unspecified atom stereocenters. The van der Waals surface area contributed by atoms with Crippen molar-refractivity contribution in [3.63, 3.8) is 0 Å². The molecule has 1 aliphatic rings. The average Bonchev–Trinajstić information content (AvgIpc) is 2.48. The lowest BCUT2D eigenvalue weighted by Crippen LogP contribution is -2.33. The van der Waals surface area contributed by atoms with Crippen LogP contribution in [-0.2, 0) is 9.53 Å². The molecular formula is C14H26O2Si. The van der Waals surface area contributed by atoms with E-state index in [-0.39, 0.29) is 5.97 Å². The maximum atomic E-state index is 12.2. The summed E-state index contributed by atoms with van der Waals surface area (Å²) < 4.78 is 5.26. The Hall–Kier alpha value is -0.573. The van der Waals surface area contributed by atoms with E-state index in [9.17, 15) is 4.79 Å². The molecule has 98 valence electrons. The first-order valence-electron chi connectivity index (χ1n) is 6.69. The zero-order valence-electron chi connectivity index (χ0n) is 12.1. The van der Waals surface area contributed by atoms with E-state index < -0.39 is 8.07 Å². The molecule has 1 saturated carbocycles. The monoisotopic (exact) mass is 254 g/mol. The van der Waals surface area contributed by atoms with Gasteiger partial charge in [-0.05, 0) is 31.6 Å². The zero-order valence-corrected chi connectivity index (χ0v) is 13.1. The number of hydrogen-bond acceptors (Lipinski definition) is 2. The van der Waals surface area contributed by atoms with E-state index in [0.717, 1.165) is 11.6 Å². The van der Waals surface area contributed by atoms with Gasteiger partial charge in [0.05, 0.1) is 14.7 Å². The first-order valence-corrected chi connectivity index (χ1v) is 10.2. The van der Waals surface area contributed by atoms with Gasteiger partial charge in [-0.15, -0.1) is 0 Å². The maximum Gasteiger partial charge on any atom is 0.329 e. The summed E-state index contributed by atoms with van der Waals surface area (Å²) in [5.74, 6) is 1.19. The van der Waals surface area contributed by atoms with Crippen LogP contribution in [0.2, 0.25) is 19.6 Å². The molecular weight excluding hydrogens is 228 g/mol. The fraction of sp³-hybridized carbons (Fsp3) is 0.786. The van der Waals surface area contributed by atoms with Crippen LogP contribution < -0.4 is 0 Å².